The number of nitrogens with two attached hydrogens (primary N) is 1. The molecule has 6 nitrogen and oxygen atoms in total. The first-order chi connectivity index (χ1) is 12.5. The van der Waals surface area contributed by atoms with Crippen molar-refractivity contribution < 1.29 is 4.79 Å². The van der Waals surface area contributed by atoms with Gasteiger partial charge in [0.2, 0.25) is 0 Å². The molecule has 0 aliphatic rings. The molecule has 0 saturated heterocycles. The molecule has 0 saturated carbocycles. The number of carbonyl (C=O) groups is 1. The largest absolute Gasteiger partial charge is 0.383 e. The fourth-order valence-corrected chi connectivity index (χ4v) is 3.00. The monoisotopic (exact) mass is 349 g/mol. The van der Waals surface area contributed by atoms with Gasteiger partial charge in [0.15, 0.2) is 0 Å². The number of pyridine rings is 1. The molecule has 0 unspecified atom stereocenters. The first-order valence-electron chi connectivity index (χ1n) is 8.62. The Balaban J connectivity index is 1.85. The Bertz CT molecular complexity index is 931. The SMILES string of the molecule is CC[C@@H](NC(=O)c1cccc(-c2ccc(C)nc2N)c1)c1ccnn1C. The molecule has 3 N–H and O–H groups in total. The molecule has 2 aromatic heterocycles. The van der Waals surface area contributed by atoms with Crippen LogP contribution in [0.1, 0.15) is 41.1 Å². The van der Waals surface area contributed by atoms with E-state index in [9.17, 15) is 4.79 Å². The molecule has 0 spiro atoms. The van der Waals surface area contributed by atoms with Gasteiger partial charge >= 0.3 is 0 Å². The van der Waals surface area contributed by atoms with Crippen molar-refractivity contribution in [1.82, 2.24) is 20.1 Å². The molecule has 1 amide bonds. The smallest absolute Gasteiger partial charge is 0.251 e. The highest BCUT2D eigenvalue weighted by atomic mass is 16.1. The number of benzene rings is 1. The van der Waals surface area contributed by atoms with E-state index in [1.807, 2.05) is 57.3 Å². The minimum atomic E-state index is -0.126. The van der Waals surface area contributed by atoms with Gasteiger partial charge in [-0.2, -0.15) is 5.10 Å². The van der Waals surface area contributed by atoms with Crippen molar-refractivity contribution in [3.05, 3.63) is 65.6 Å². The number of amides is 1. The third-order valence-corrected chi connectivity index (χ3v) is 4.43. The maximum absolute atomic E-state index is 12.8. The van der Waals surface area contributed by atoms with Gasteiger partial charge < -0.3 is 11.1 Å². The van der Waals surface area contributed by atoms with Gasteiger partial charge in [-0.25, -0.2) is 4.98 Å². The highest BCUT2D eigenvalue weighted by molar-refractivity contribution is 5.96. The summed E-state index contributed by atoms with van der Waals surface area (Å²) >= 11 is 0. The molecule has 1 atom stereocenters. The normalized spacial score (nSPS) is 12.0. The van der Waals surface area contributed by atoms with E-state index >= 15 is 0 Å². The minimum absolute atomic E-state index is 0.0928. The molecule has 2 heterocycles. The van der Waals surface area contributed by atoms with Gasteiger partial charge in [-0.1, -0.05) is 19.1 Å². The Kier molecular flexibility index (Phi) is 5.02. The standard InChI is InChI=1S/C20H23N5O/c1-4-17(18-10-11-22-25(18)3)24-20(26)15-7-5-6-14(12-15)16-9-8-13(2)23-19(16)21/h5-12,17H,4H2,1-3H3,(H2,21,23)(H,24,26)/t17-/m1/s1. The third kappa shape index (κ3) is 3.59. The van der Waals surface area contributed by atoms with Gasteiger partial charge in [-0.15, -0.1) is 0 Å². The highest BCUT2D eigenvalue weighted by Crippen LogP contribution is 2.26. The van der Waals surface area contributed by atoms with E-state index in [1.165, 1.54) is 0 Å². The van der Waals surface area contributed by atoms with Crippen LogP contribution in [0.25, 0.3) is 11.1 Å². The third-order valence-electron chi connectivity index (χ3n) is 4.43. The number of carbonyl (C=O) groups excluding carboxylic acids is 1. The molecule has 0 bridgehead atoms. The summed E-state index contributed by atoms with van der Waals surface area (Å²) in [6.45, 7) is 3.93. The summed E-state index contributed by atoms with van der Waals surface area (Å²) in [5, 5.41) is 7.26. The topological polar surface area (TPSA) is 85.8 Å². The molecule has 1 aromatic carbocycles. The Hall–Kier alpha value is -3.15. The van der Waals surface area contributed by atoms with Crippen molar-refractivity contribution in [2.24, 2.45) is 7.05 Å². The number of nitrogens with one attached hydrogen (secondary N) is 1. The molecular weight excluding hydrogens is 326 g/mol. The van der Waals surface area contributed by atoms with Gasteiger partial charge in [0, 0.05) is 30.1 Å². The quantitative estimate of drug-likeness (QED) is 0.740. The van der Waals surface area contributed by atoms with Crippen LogP contribution in [-0.4, -0.2) is 20.7 Å². The molecular formula is C20H23N5O. The van der Waals surface area contributed by atoms with Gasteiger partial charge in [0.05, 0.1) is 11.7 Å². The molecule has 134 valence electrons. The van der Waals surface area contributed by atoms with Crippen LogP contribution in [0, 0.1) is 6.92 Å². The number of aryl methyl sites for hydroxylation is 2. The Morgan fingerprint density at radius 2 is 2.08 bits per heavy atom. The van der Waals surface area contributed by atoms with Crippen LogP contribution >= 0.6 is 0 Å². The number of hydrogen-bond acceptors (Lipinski definition) is 4. The van der Waals surface area contributed by atoms with E-state index in [2.05, 4.69) is 15.4 Å². The fraction of sp³-hybridized carbons (Fsp3) is 0.250. The lowest BCUT2D eigenvalue weighted by molar-refractivity contribution is 0.0934. The second-order valence-electron chi connectivity index (χ2n) is 6.28. The zero-order valence-corrected chi connectivity index (χ0v) is 15.2. The summed E-state index contributed by atoms with van der Waals surface area (Å²) in [7, 11) is 1.87. The average molecular weight is 349 g/mol. The zero-order valence-electron chi connectivity index (χ0n) is 15.2. The fourth-order valence-electron chi connectivity index (χ4n) is 3.00. The summed E-state index contributed by atoms with van der Waals surface area (Å²) in [5.41, 5.74) is 10.2. The van der Waals surface area contributed by atoms with Crippen LogP contribution in [0.3, 0.4) is 0 Å². The molecule has 26 heavy (non-hydrogen) atoms. The maximum Gasteiger partial charge on any atom is 0.251 e. The number of rotatable bonds is 5. The number of hydrogen-bond donors (Lipinski definition) is 2. The summed E-state index contributed by atoms with van der Waals surface area (Å²) in [4.78, 5) is 17.1. The lowest BCUT2D eigenvalue weighted by Gasteiger charge is -2.17. The maximum atomic E-state index is 12.8. The van der Waals surface area contributed by atoms with Gasteiger partial charge in [-0.3, -0.25) is 9.48 Å². The predicted octanol–water partition coefficient (Wildman–Crippen LogP) is 3.25. The molecule has 0 radical (unpaired) electrons. The zero-order chi connectivity index (χ0) is 18.7. The van der Waals surface area contributed by atoms with E-state index in [0.717, 1.165) is 28.9 Å². The molecule has 3 aromatic rings. The number of aromatic nitrogens is 3. The van der Waals surface area contributed by atoms with E-state index in [4.69, 9.17) is 5.73 Å². The molecule has 0 aliphatic carbocycles. The van der Waals surface area contributed by atoms with Crippen molar-refractivity contribution in [3.8, 4) is 11.1 Å². The Morgan fingerprint density at radius 3 is 2.73 bits per heavy atom. The predicted molar refractivity (Wildman–Crippen MR) is 103 cm³/mol. The van der Waals surface area contributed by atoms with Crippen molar-refractivity contribution in [2.45, 2.75) is 26.3 Å². The second-order valence-corrected chi connectivity index (χ2v) is 6.28. The second kappa shape index (κ2) is 7.39. The Labute approximate surface area is 153 Å². The molecule has 6 heteroatoms. The van der Waals surface area contributed by atoms with Crippen LogP contribution in [0.2, 0.25) is 0 Å². The van der Waals surface area contributed by atoms with Crippen LogP contribution in [0.5, 0.6) is 0 Å². The minimum Gasteiger partial charge on any atom is -0.383 e. The lowest BCUT2D eigenvalue weighted by Crippen LogP contribution is -2.29. The lowest BCUT2D eigenvalue weighted by atomic mass is 10.0. The van der Waals surface area contributed by atoms with Gasteiger partial charge in [0.25, 0.3) is 5.91 Å². The highest BCUT2D eigenvalue weighted by Gasteiger charge is 2.17. The van der Waals surface area contributed by atoms with Crippen LogP contribution in [-0.2, 0) is 7.05 Å². The first kappa shape index (κ1) is 17.7. The van der Waals surface area contributed by atoms with Gasteiger partial charge in [-0.05, 0) is 49.2 Å². The van der Waals surface area contributed by atoms with Crippen molar-refractivity contribution in [2.75, 3.05) is 5.73 Å². The van der Waals surface area contributed by atoms with E-state index in [0.29, 0.717) is 11.4 Å². The van der Waals surface area contributed by atoms with Crippen LogP contribution < -0.4 is 11.1 Å². The van der Waals surface area contributed by atoms with Crippen LogP contribution in [0.15, 0.2) is 48.7 Å². The van der Waals surface area contributed by atoms with E-state index in [1.54, 1.807) is 16.9 Å². The summed E-state index contributed by atoms with van der Waals surface area (Å²) in [5.74, 6) is 0.336. The Morgan fingerprint density at radius 1 is 1.27 bits per heavy atom. The number of nitrogen functional groups attached to an aromatic ring is 1. The van der Waals surface area contributed by atoms with Crippen molar-refractivity contribution in [3.63, 3.8) is 0 Å². The van der Waals surface area contributed by atoms with E-state index in [-0.39, 0.29) is 11.9 Å². The molecule has 0 fully saturated rings. The molecule has 3 rings (SSSR count). The van der Waals surface area contributed by atoms with Crippen molar-refractivity contribution >= 4 is 11.7 Å². The van der Waals surface area contributed by atoms with Crippen LogP contribution in [0.4, 0.5) is 5.82 Å². The number of anilines is 1. The van der Waals surface area contributed by atoms with E-state index < -0.39 is 0 Å². The van der Waals surface area contributed by atoms with Crippen molar-refractivity contribution in [1.29, 1.82) is 0 Å². The summed E-state index contributed by atoms with van der Waals surface area (Å²) < 4.78 is 1.78. The van der Waals surface area contributed by atoms with Gasteiger partial charge in [0.1, 0.15) is 5.82 Å². The summed E-state index contributed by atoms with van der Waals surface area (Å²) in [6.07, 6.45) is 2.51. The molecule has 0 aliphatic heterocycles. The number of nitrogens with zero attached hydrogens (tertiary/aromatic N) is 3. The summed E-state index contributed by atoms with van der Waals surface area (Å²) in [6, 6.07) is 13.1. The average Bonchev–Trinajstić information content (AvgIpc) is 3.05. The first-order valence-corrected chi connectivity index (χ1v) is 8.62.